The summed E-state index contributed by atoms with van der Waals surface area (Å²) in [6.45, 7) is 5.52. The minimum atomic E-state index is -1.20. The summed E-state index contributed by atoms with van der Waals surface area (Å²) >= 11 is 11.0. The average Bonchev–Trinajstić information content (AvgIpc) is 3.24. The number of nitrogens with zero attached hydrogens (tertiary/aromatic N) is 1. The number of benzene rings is 1. The number of rotatable bonds is 7. The van der Waals surface area contributed by atoms with Crippen LogP contribution >= 0.6 is 39.3 Å². The molecule has 1 saturated heterocycles. The SMILES string of the molecule is C=CC1=C(C(=O)O)N2C(=O)[C@@H](NC(=O)c3ccc(COc4c(C)cc(Br)cc4Cl)o3)[C@H]2SC1. The molecule has 172 valence electrons. The summed E-state index contributed by atoms with van der Waals surface area (Å²) in [5.74, 6) is -0.963. The summed E-state index contributed by atoms with van der Waals surface area (Å²) in [6.07, 6.45) is 1.43. The number of fused-ring (bicyclic) bond motifs is 1. The van der Waals surface area contributed by atoms with Crippen LogP contribution in [0.5, 0.6) is 5.75 Å². The zero-order valence-corrected chi connectivity index (χ0v) is 20.4. The molecule has 2 aliphatic heterocycles. The highest BCUT2D eigenvalue weighted by atomic mass is 79.9. The first-order chi connectivity index (χ1) is 15.7. The van der Waals surface area contributed by atoms with E-state index in [0.29, 0.717) is 27.9 Å². The second kappa shape index (κ2) is 9.28. The van der Waals surface area contributed by atoms with Gasteiger partial charge in [-0.05, 0) is 42.3 Å². The van der Waals surface area contributed by atoms with Crippen LogP contribution in [-0.4, -0.2) is 45.0 Å². The van der Waals surface area contributed by atoms with Gasteiger partial charge in [0.1, 0.15) is 35.2 Å². The van der Waals surface area contributed by atoms with Gasteiger partial charge in [-0.1, -0.05) is 40.2 Å². The Kier molecular flexibility index (Phi) is 6.60. The number of β-lactam (4-membered cyclic amide) rings is 1. The van der Waals surface area contributed by atoms with E-state index in [1.165, 1.54) is 28.8 Å². The molecule has 2 aliphatic rings. The lowest BCUT2D eigenvalue weighted by Gasteiger charge is -2.49. The minimum absolute atomic E-state index is 0.0139. The molecule has 0 saturated carbocycles. The summed E-state index contributed by atoms with van der Waals surface area (Å²) in [5, 5.41) is 12.0. The van der Waals surface area contributed by atoms with E-state index in [-0.39, 0.29) is 18.1 Å². The van der Waals surface area contributed by atoms with Crippen LogP contribution in [0.4, 0.5) is 0 Å². The highest BCUT2D eigenvalue weighted by molar-refractivity contribution is 9.10. The molecular formula is C22H18BrClN2O6S. The maximum absolute atomic E-state index is 12.6. The molecule has 1 aromatic carbocycles. The van der Waals surface area contributed by atoms with Crippen LogP contribution in [0, 0.1) is 6.92 Å². The van der Waals surface area contributed by atoms with Crippen molar-refractivity contribution in [2.45, 2.75) is 24.9 Å². The molecule has 2 amide bonds. The van der Waals surface area contributed by atoms with Gasteiger partial charge in [-0.3, -0.25) is 14.5 Å². The number of carbonyl (C=O) groups is 3. The van der Waals surface area contributed by atoms with E-state index in [0.717, 1.165) is 10.0 Å². The fraction of sp³-hybridized carbons (Fsp3) is 0.227. The first kappa shape index (κ1) is 23.5. The van der Waals surface area contributed by atoms with Crippen molar-refractivity contribution >= 4 is 57.1 Å². The van der Waals surface area contributed by atoms with Crippen LogP contribution in [0.1, 0.15) is 21.9 Å². The van der Waals surface area contributed by atoms with Gasteiger partial charge < -0.3 is 19.6 Å². The van der Waals surface area contributed by atoms with Gasteiger partial charge in [0.05, 0.1) is 5.02 Å². The highest BCUT2D eigenvalue weighted by Gasteiger charge is 2.54. The molecular weight excluding hydrogens is 536 g/mol. The number of thioether (sulfide) groups is 1. The van der Waals surface area contributed by atoms with Crippen molar-refractivity contribution in [3.8, 4) is 5.75 Å². The van der Waals surface area contributed by atoms with Crippen LogP contribution in [0.2, 0.25) is 5.02 Å². The number of hydrogen-bond acceptors (Lipinski definition) is 6. The molecule has 2 aromatic rings. The third-order valence-electron chi connectivity index (χ3n) is 5.17. The predicted molar refractivity (Wildman–Crippen MR) is 126 cm³/mol. The van der Waals surface area contributed by atoms with Crippen molar-refractivity contribution in [3.05, 3.63) is 74.8 Å². The largest absolute Gasteiger partial charge is 0.484 e. The third kappa shape index (κ3) is 4.42. The molecule has 3 heterocycles. The molecule has 2 atom stereocenters. The van der Waals surface area contributed by atoms with Crippen molar-refractivity contribution in [2.75, 3.05) is 5.75 Å². The number of carbonyl (C=O) groups excluding carboxylic acids is 2. The Balaban J connectivity index is 1.40. The molecule has 2 N–H and O–H groups in total. The second-order valence-electron chi connectivity index (χ2n) is 7.33. The summed E-state index contributed by atoms with van der Waals surface area (Å²) in [4.78, 5) is 38.0. The molecule has 4 rings (SSSR count). The van der Waals surface area contributed by atoms with E-state index in [2.05, 4.69) is 27.8 Å². The Bertz CT molecular complexity index is 1190. The zero-order chi connectivity index (χ0) is 23.9. The first-order valence-corrected chi connectivity index (χ1v) is 11.9. The van der Waals surface area contributed by atoms with Gasteiger partial charge in [-0.2, -0.15) is 0 Å². The number of nitrogens with one attached hydrogen (secondary N) is 1. The second-order valence-corrected chi connectivity index (χ2v) is 9.76. The quantitative estimate of drug-likeness (QED) is 0.497. The molecule has 0 bridgehead atoms. The van der Waals surface area contributed by atoms with E-state index in [4.69, 9.17) is 20.8 Å². The Morgan fingerprint density at radius 2 is 2.21 bits per heavy atom. The maximum atomic E-state index is 12.6. The fourth-order valence-electron chi connectivity index (χ4n) is 3.60. The minimum Gasteiger partial charge on any atom is -0.484 e. The van der Waals surface area contributed by atoms with E-state index in [9.17, 15) is 19.5 Å². The molecule has 0 spiro atoms. The number of aryl methyl sites for hydroxylation is 1. The molecule has 8 nitrogen and oxygen atoms in total. The summed E-state index contributed by atoms with van der Waals surface area (Å²) in [6, 6.07) is 5.82. The maximum Gasteiger partial charge on any atom is 0.352 e. The van der Waals surface area contributed by atoms with Gasteiger partial charge in [0.15, 0.2) is 5.76 Å². The summed E-state index contributed by atoms with van der Waals surface area (Å²) in [7, 11) is 0. The van der Waals surface area contributed by atoms with Gasteiger partial charge in [-0.15, -0.1) is 11.8 Å². The van der Waals surface area contributed by atoms with E-state index in [1.807, 2.05) is 13.0 Å². The Morgan fingerprint density at radius 3 is 2.88 bits per heavy atom. The number of aliphatic carboxylic acids is 1. The van der Waals surface area contributed by atoms with Crippen LogP contribution in [-0.2, 0) is 16.2 Å². The normalized spacial score (nSPS) is 19.6. The Hall–Kier alpha value is -2.69. The number of allylic oxidation sites excluding steroid dienone is 1. The van der Waals surface area contributed by atoms with Crippen molar-refractivity contribution in [3.63, 3.8) is 0 Å². The van der Waals surface area contributed by atoms with Crippen molar-refractivity contribution in [1.29, 1.82) is 0 Å². The summed E-state index contributed by atoms with van der Waals surface area (Å²) in [5.41, 5.74) is 1.22. The first-order valence-electron chi connectivity index (χ1n) is 9.72. The van der Waals surface area contributed by atoms with Crippen molar-refractivity contribution in [2.24, 2.45) is 0 Å². The molecule has 0 radical (unpaired) electrons. The number of furan rings is 1. The number of amides is 2. The Morgan fingerprint density at radius 1 is 1.45 bits per heavy atom. The van der Waals surface area contributed by atoms with Crippen molar-refractivity contribution in [1.82, 2.24) is 10.2 Å². The van der Waals surface area contributed by atoms with Gasteiger partial charge in [-0.25, -0.2) is 4.79 Å². The van der Waals surface area contributed by atoms with E-state index < -0.39 is 29.2 Å². The number of ether oxygens (including phenoxy) is 1. The van der Waals surface area contributed by atoms with Gasteiger partial charge in [0, 0.05) is 10.2 Å². The highest BCUT2D eigenvalue weighted by Crippen LogP contribution is 2.40. The average molecular weight is 554 g/mol. The van der Waals surface area contributed by atoms with Gasteiger partial charge >= 0.3 is 5.97 Å². The van der Waals surface area contributed by atoms with E-state index >= 15 is 0 Å². The molecule has 1 fully saturated rings. The predicted octanol–water partition coefficient (Wildman–Crippen LogP) is 4.12. The van der Waals surface area contributed by atoms with Crippen LogP contribution < -0.4 is 10.1 Å². The number of halogens is 2. The standard InChI is InChI=1S/C22H18BrClN2O6S/c1-3-11-9-33-21-16(20(28)26(21)17(11)22(29)30)25-19(27)15-5-4-13(32-15)8-31-18-10(2)6-12(23)7-14(18)24/h3-7,16,21H,1,8-9H2,2H3,(H,25,27)(H,29,30)/t16-,21-/m1/s1. The number of hydrogen-bond donors (Lipinski definition) is 2. The Labute approximate surface area is 206 Å². The third-order valence-corrected chi connectivity index (χ3v) is 7.21. The number of carboxylic acid groups (broad SMARTS) is 1. The van der Waals surface area contributed by atoms with Crippen molar-refractivity contribution < 1.29 is 28.6 Å². The smallest absolute Gasteiger partial charge is 0.352 e. The van der Waals surface area contributed by atoms with Crippen LogP contribution in [0.25, 0.3) is 0 Å². The molecule has 0 aliphatic carbocycles. The van der Waals surface area contributed by atoms with Gasteiger partial charge in [0.25, 0.3) is 11.8 Å². The fourth-order valence-corrected chi connectivity index (χ4v) is 5.97. The van der Waals surface area contributed by atoms with Crippen LogP contribution in [0.3, 0.4) is 0 Å². The van der Waals surface area contributed by atoms with Gasteiger partial charge in [0.2, 0.25) is 0 Å². The lowest BCUT2D eigenvalue weighted by atomic mass is 10.0. The van der Waals surface area contributed by atoms with E-state index in [1.54, 1.807) is 12.1 Å². The topological polar surface area (TPSA) is 109 Å². The molecule has 1 aromatic heterocycles. The molecule has 33 heavy (non-hydrogen) atoms. The lowest BCUT2D eigenvalue weighted by molar-refractivity contribution is -0.148. The zero-order valence-electron chi connectivity index (χ0n) is 17.3. The number of carboxylic acids is 1. The monoisotopic (exact) mass is 552 g/mol. The lowest BCUT2D eigenvalue weighted by Crippen LogP contribution is -2.70. The molecule has 11 heteroatoms. The van der Waals surface area contributed by atoms with Crippen LogP contribution in [0.15, 0.2) is 57.1 Å². The molecule has 0 unspecified atom stereocenters. The summed E-state index contributed by atoms with van der Waals surface area (Å²) < 4.78 is 12.1.